The van der Waals surface area contributed by atoms with Crippen LogP contribution in [0, 0.1) is 18.7 Å². The molecule has 1 N–H and O–H groups in total. The van der Waals surface area contributed by atoms with Crippen molar-refractivity contribution in [3.63, 3.8) is 0 Å². The molecule has 0 bridgehead atoms. The van der Waals surface area contributed by atoms with Crippen LogP contribution in [0.3, 0.4) is 0 Å². The van der Waals surface area contributed by atoms with Crippen LogP contribution in [-0.2, 0) is 0 Å². The Bertz CT molecular complexity index is 415. The molecule has 1 aromatic carbocycles. The number of hydrogen-bond donors (Lipinski definition) is 1. The molecule has 1 aromatic rings. The second-order valence-corrected chi connectivity index (χ2v) is 5.28. The Labute approximate surface area is 102 Å². The summed E-state index contributed by atoms with van der Waals surface area (Å²) in [5.74, 6) is 0.766. The van der Waals surface area contributed by atoms with Gasteiger partial charge in [0.2, 0.25) is 0 Å². The van der Waals surface area contributed by atoms with Crippen molar-refractivity contribution in [3.05, 3.63) is 29.6 Å². The molecule has 1 saturated carbocycles. The number of halogens is 1. The first kappa shape index (κ1) is 11.0. The fraction of sp³-hybridized carbons (Fsp3) is 0.571. The SMILES string of the molecule is Cc1cc(N2CCNC(C3CC3)C2)ccc1F. The third kappa shape index (κ3) is 2.29. The second kappa shape index (κ2) is 4.30. The highest BCUT2D eigenvalue weighted by atomic mass is 19.1. The molecule has 3 heteroatoms. The topological polar surface area (TPSA) is 15.3 Å². The summed E-state index contributed by atoms with van der Waals surface area (Å²) in [6, 6.07) is 6.08. The van der Waals surface area contributed by atoms with Crippen molar-refractivity contribution in [2.24, 2.45) is 5.92 Å². The van der Waals surface area contributed by atoms with Crippen molar-refractivity contribution >= 4 is 5.69 Å². The van der Waals surface area contributed by atoms with Crippen molar-refractivity contribution in [1.29, 1.82) is 0 Å². The molecule has 0 amide bonds. The maximum absolute atomic E-state index is 13.2. The zero-order valence-electron chi connectivity index (χ0n) is 10.2. The van der Waals surface area contributed by atoms with Gasteiger partial charge in [-0.3, -0.25) is 0 Å². The van der Waals surface area contributed by atoms with Gasteiger partial charge < -0.3 is 10.2 Å². The molecule has 1 heterocycles. The number of hydrogen-bond acceptors (Lipinski definition) is 2. The van der Waals surface area contributed by atoms with Crippen LogP contribution >= 0.6 is 0 Å². The van der Waals surface area contributed by atoms with Gasteiger partial charge in [-0.2, -0.15) is 0 Å². The van der Waals surface area contributed by atoms with Crippen LogP contribution in [-0.4, -0.2) is 25.7 Å². The quantitative estimate of drug-likeness (QED) is 0.845. The minimum atomic E-state index is -0.109. The first-order valence-corrected chi connectivity index (χ1v) is 6.48. The standard InChI is InChI=1S/C14H19FN2/c1-10-8-12(4-5-13(10)15)17-7-6-16-14(9-17)11-2-3-11/h4-5,8,11,14,16H,2-3,6-7,9H2,1H3. The van der Waals surface area contributed by atoms with E-state index in [0.29, 0.717) is 6.04 Å². The molecule has 1 saturated heterocycles. The van der Waals surface area contributed by atoms with Gasteiger partial charge in [0.05, 0.1) is 0 Å². The average Bonchev–Trinajstić information content (AvgIpc) is 3.17. The lowest BCUT2D eigenvalue weighted by atomic mass is 10.1. The summed E-state index contributed by atoms with van der Waals surface area (Å²) in [7, 11) is 0. The summed E-state index contributed by atoms with van der Waals surface area (Å²) >= 11 is 0. The van der Waals surface area contributed by atoms with Crippen LogP contribution in [0.5, 0.6) is 0 Å². The Hall–Kier alpha value is -1.09. The molecular weight excluding hydrogens is 215 g/mol. The molecule has 0 aromatic heterocycles. The van der Waals surface area contributed by atoms with Crippen LogP contribution < -0.4 is 10.2 Å². The lowest BCUT2D eigenvalue weighted by molar-refractivity contribution is 0.419. The minimum Gasteiger partial charge on any atom is -0.369 e. The van der Waals surface area contributed by atoms with Gasteiger partial charge in [0.25, 0.3) is 0 Å². The van der Waals surface area contributed by atoms with Crippen LogP contribution in [0.25, 0.3) is 0 Å². The van der Waals surface area contributed by atoms with E-state index in [4.69, 9.17) is 0 Å². The first-order chi connectivity index (χ1) is 8.24. The zero-order chi connectivity index (χ0) is 11.8. The molecule has 2 nitrogen and oxygen atoms in total. The maximum atomic E-state index is 13.2. The fourth-order valence-corrected chi connectivity index (χ4v) is 2.65. The average molecular weight is 234 g/mol. The van der Waals surface area contributed by atoms with E-state index < -0.39 is 0 Å². The number of aryl methyl sites for hydroxylation is 1. The third-order valence-electron chi connectivity index (χ3n) is 3.90. The second-order valence-electron chi connectivity index (χ2n) is 5.28. The van der Waals surface area contributed by atoms with Crippen molar-refractivity contribution < 1.29 is 4.39 Å². The van der Waals surface area contributed by atoms with Gasteiger partial charge in [0.1, 0.15) is 5.82 Å². The monoisotopic (exact) mass is 234 g/mol. The number of nitrogens with zero attached hydrogens (tertiary/aromatic N) is 1. The molecule has 17 heavy (non-hydrogen) atoms. The number of rotatable bonds is 2. The Morgan fingerprint density at radius 3 is 2.88 bits per heavy atom. The van der Waals surface area contributed by atoms with Crippen LogP contribution in [0.4, 0.5) is 10.1 Å². The predicted molar refractivity (Wildman–Crippen MR) is 67.9 cm³/mol. The molecule has 1 atom stereocenters. The van der Waals surface area contributed by atoms with Crippen LogP contribution in [0.2, 0.25) is 0 Å². The number of nitrogens with one attached hydrogen (secondary N) is 1. The van der Waals surface area contributed by atoms with Gasteiger partial charge in [-0.25, -0.2) is 4.39 Å². The molecule has 1 unspecified atom stereocenters. The first-order valence-electron chi connectivity index (χ1n) is 6.48. The highest BCUT2D eigenvalue weighted by molar-refractivity contribution is 5.49. The summed E-state index contributed by atoms with van der Waals surface area (Å²) in [6.07, 6.45) is 2.74. The summed E-state index contributed by atoms with van der Waals surface area (Å²) in [6.45, 7) is 4.96. The number of anilines is 1. The van der Waals surface area contributed by atoms with Gasteiger partial charge in [-0.05, 0) is 49.4 Å². The predicted octanol–water partition coefficient (Wildman–Crippen LogP) is 2.32. The smallest absolute Gasteiger partial charge is 0.126 e. The van der Waals surface area contributed by atoms with E-state index in [1.54, 1.807) is 6.07 Å². The Balaban J connectivity index is 1.75. The molecule has 92 valence electrons. The largest absolute Gasteiger partial charge is 0.369 e. The van der Waals surface area contributed by atoms with Gasteiger partial charge in [0.15, 0.2) is 0 Å². The zero-order valence-corrected chi connectivity index (χ0v) is 10.2. The van der Waals surface area contributed by atoms with Gasteiger partial charge in [-0.1, -0.05) is 0 Å². The maximum Gasteiger partial charge on any atom is 0.126 e. The lowest BCUT2D eigenvalue weighted by Gasteiger charge is -2.35. The van der Waals surface area contributed by atoms with Crippen molar-refractivity contribution in [3.8, 4) is 0 Å². The Morgan fingerprint density at radius 1 is 1.35 bits per heavy atom. The molecule has 3 rings (SSSR count). The number of piperazine rings is 1. The summed E-state index contributed by atoms with van der Waals surface area (Å²) in [5, 5.41) is 3.59. The molecular formula is C14H19FN2. The van der Waals surface area contributed by atoms with E-state index in [2.05, 4.69) is 10.2 Å². The highest BCUT2D eigenvalue weighted by Gasteiger charge is 2.34. The summed E-state index contributed by atoms with van der Waals surface area (Å²) in [4.78, 5) is 2.38. The van der Waals surface area contributed by atoms with E-state index in [-0.39, 0.29) is 5.82 Å². The van der Waals surface area contributed by atoms with Crippen LogP contribution in [0.15, 0.2) is 18.2 Å². The molecule has 1 aliphatic heterocycles. The van der Waals surface area contributed by atoms with E-state index in [1.165, 1.54) is 12.8 Å². The van der Waals surface area contributed by atoms with Gasteiger partial charge in [0, 0.05) is 31.4 Å². The van der Waals surface area contributed by atoms with Gasteiger partial charge >= 0.3 is 0 Å². The van der Waals surface area contributed by atoms with Crippen molar-refractivity contribution in [2.45, 2.75) is 25.8 Å². The Morgan fingerprint density at radius 2 is 2.18 bits per heavy atom. The highest BCUT2D eigenvalue weighted by Crippen LogP contribution is 2.34. The van der Waals surface area contributed by atoms with E-state index >= 15 is 0 Å². The lowest BCUT2D eigenvalue weighted by Crippen LogP contribution is -2.51. The van der Waals surface area contributed by atoms with E-state index in [1.807, 2.05) is 19.1 Å². The summed E-state index contributed by atoms with van der Waals surface area (Å²) < 4.78 is 13.2. The molecule has 0 radical (unpaired) electrons. The van der Waals surface area contributed by atoms with Gasteiger partial charge in [-0.15, -0.1) is 0 Å². The van der Waals surface area contributed by atoms with Crippen LogP contribution in [0.1, 0.15) is 18.4 Å². The Kier molecular flexibility index (Phi) is 2.79. The molecule has 0 spiro atoms. The molecule has 2 aliphatic rings. The number of benzene rings is 1. The van der Waals surface area contributed by atoms with Crippen molar-refractivity contribution in [2.75, 3.05) is 24.5 Å². The third-order valence-corrected chi connectivity index (χ3v) is 3.90. The van der Waals surface area contributed by atoms with E-state index in [9.17, 15) is 4.39 Å². The normalized spacial score (nSPS) is 25.1. The van der Waals surface area contributed by atoms with Crippen molar-refractivity contribution in [1.82, 2.24) is 5.32 Å². The minimum absolute atomic E-state index is 0.109. The fourth-order valence-electron chi connectivity index (χ4n) is 2.65. The molecule has 1 aliphatic carbocycles. The van der Waals surface area contributed by atoms with E-state index in [0.717, 1.165) is 36.8 Å². The summed E-state index contributed by atoms with van der Waals surface area (Å²) in [5.41, 5.74) is 1.90. The molecule has 2 fully saturated rings.